The molecule has 172 valence electrons. The van der Waals surface area contributed by atoms with E-state index in [-0.39, 0.29) is 23.8 Å². The zero-order valence-electron chi connectivity index (χ0n) is 18.2. The number of ether oxygens (including phenoxy) is 1. The Labute approximate surface area is 186 Å². The summed E-state index contributed by atoms with van der Waals surface area (Å²) in [7, 11) is -3.60. The standard InChI is InChI=1S/C21H27N5O5S/c1-3-26-19-5-4-17(32(28,29)25-8-10-30-11-9-25)13-18(19)23-20(26)6-7-21(27)22-14-16-12-15(2)24-31-16/h4-5,12-13H,3,6-11,14H2,1-2H3,(H,22,27). The van der Waals surface area contributed by atoms with Crippen LogP contribution in [0.2, 0.25) is 0 Å². The highest BCUT2D eigenvalue weighted by Crippen LogP contribution is 2.24. The number of fused-ring (bicyclic) bond motifs is 1. The van der Waals surface area contributed by atoms with Gasteiger partial charge in [-0.25, -0.2) is 13.4 Å². The van der Waals surface area contributed by atoms with Crippen molar-refractivity contribution in [3.63, 3.8) is 0 Å². The molecule has 4 rings (SSSR count). The van der Waals surface area contributed by atoms with E-state index in [9.17, 15) is 13.2 Å². The molecule has 0 saturated carbocycles. The van der Waals surface area contributed by atoms with Gasteiger partial charge in [0.1, 0.15) is 5.82 Å². The summed E-state index contributed by atoms with van der Waals surface area (Å²) in [6.07, 6.45) is 0.699. The molecule has 1 saturated heterocycles. The number of aromatic nitrogens is 3. The average molecular weight is 462 g/mol. The maximum absolute atomic E-state index is 13.0. The van der Waals surface area contributed by atoms with Crippen LogP contribution >= 0.6 is 0 Å². The van der Waals surface area contributed by atoms with E-state index in [1.807, 2.05) is 18.4 Å². The van der Waals surface area contributed by atoms with Crippen LogP contribution in [0.3, 0.4) is 0 Å². The number of imidazole rings is 1. The van der Waals surface area contributed by atoms with Crippen molar-refractivity contribution in [2.75, 3.05) is 26.3 Å². The third-order valence-corrected chi connectivity index (χ3v) is 7.33. The van der Waals surface area contributed by atoms with Crippen LogP contribution < -0.4 is 5.32 Å². The first kappa shape index (κ1) is 22.4. The zero-order chi connectivity index (χ0) is 22.7. The predicted molar refractivity (Wildman–Crippen MR) is 116 cm³/mol. The fourth-order valence-corrected chi connectivity index (χ4v) is 5.23. The molecule has 0 radical (unpaired) electrons. The van der Waals surface area contributed by atoms with Crippen LogP contribution in [0, 0.1) is 6.92 Å². The number of hydrogen-bond donors (Lipinski definition) is 1. The Morgan fingerprint density at radius 2 is 2.00 bits per heavy atom. The van der Waals surface area contributed by atoms with Gasteiger partial charge in [0.25, 0.3) is 0 Å². The molecule has 2 aromatic heterocycles. The maximum Gasteiger partial charge on any atom is 0.243 e. The van der Waals surface area contributed by atoms with Crippen LogP contribution in [0.4, 0.5) is 0 Å². The third-order valence-electron chi connectivity index (χ3n) is 5.44. The molecule has 0 bridgehead atoms. The second-order valence-electron chi connectivity index (χ2n) is 7.65. The number of carbonyl (C=O) groups excluding carboxylic acids is 1. The number of benzene rings is 1. The fraction of sp³-hybridized carbons (Fsp3) is 0.476. The molecule has 0 atom stereocenters. The molecule has 1 aliphatic heterocycles. The number of nitrogens with one attached hydrogen (secondary N) is 1. The van der Waals surface area contributed by atoms with Crippen molar-refractivity contribution in [2.24, 2.45) is 0 Å². The Bertz CT molecular complexity index is 1210. The summed E-state index contributed by atoms with van der Waals surface area (Å²) in [6.45, 7) is 6.25. The lowest BCUT2D eigenvalue weighted by Crippen LogP contribution is -2.40. The van der Waals surface area contributed by atoms with Gasteiger partial charge in [-0.1, -0.05) is 5.16 Å². The number of nitrogens with zero attached hydrogens (tertiary/aromatic N) is 4. The monoisotopic (exact) mass is 461 g/mol. The van der Waals surface area contributed by atoms with E-state index in [4.69, 9.17) is 9.26 Å². The molecule has 0 aliphatic carbocycles. The van der Waals surface area contributed by atoms with E-state index in [1.54, 1.807) is 24.3 Å². The van der Waals surface area contributed by atoms with E-state index in [0.717, 1.165) is 17.0 Å². The lowest BCUT2D eigenvalue weighted by Gasteiger charge is -2.26. The van der Waals surface area contributed by atoms with Crippen LogP contribution in [-0.4, -0.2) is 59.6 Å². The van der Waals surface area contributed by atoms with Gasteiger partial charge in [-0.15, -0.1) is 0 Å². The molecule has 1 amide bonds. The second-order valence-corrected chi connectivity index (χ2v) is 9.59. The highest BCUT2D eigenvalue weighted by atomic mass is 32.2. The Balaban J connectivity index is 1.47. The molecule has 0 spiro atoms. The number of amides is 1. The summed E-state index contributed by atoms with van der Waals surface area (Å²) in [5.41, 5.74) is 2.22. The molecule has 1 fully saturated rings. The highest BCUT2D eigenvalue weighted by molar-refractivity contribution is 7.89. The smallest absolute Gasteiger partial charge is 0.243 e. The van der Waals surface area contributed by atoms with E-state index in [2.05, 4.69) is 15.5 Å². The Kier molecular flexibility index (Phi) is 6.58. The third kappa shape index (κ3) is 4.69. The highest BCUT2D eigenvalue weighted by Gasteiger charge is 2.27. The minimum atomic E-state index is -3.60. The first-order chi connectivity index (χ1) is 15.4. The molecular formula is C21H27N5O5S. The van der Waals surface area contributed by atoms with Gasteiger partial charge in [0, 0.05) is 38.5 Å². The Morgan fingerprint density at radius 1 is 1.22 bits per heavy atom. The minimum absolute atomic E-state index is 0.121. The second kappa shape index (κ2) is 9.39. The van der Waals surface area contributed by atoms with Crippen LogP contribution in [0.1, 0.15) is 30.6 Å². The van der Waals surface area contributed by atoms with Gasteiger partial charge in [0.15, 0.2) is 5.76 Å². The van der Waals surface area contributed by atoms with Crippen LogP contribution in [0.25, 0.3) is 11.0 Å². The first-order valence-electron chi connectivity index (χ1n) is 10.6. The van der Waals surface area contributed by atoms with Gasteiger partial charge in [0.05, 0.1) is 41.4 Å². The molecule has 3 heterocycles. The number of hydrogen-bond acceptors (Lipinski definition) is 7. The number of rotatable bonds is 8. The Morgan fingerprint density at radius 3 is 2.69 bits per heavy atom. The summed E-state index contributed by atoms with van der Waals surface area (Å²) in [6, 6.07) is 6.80. The number of aryl methyl sites for hydroxylation is 3. The molecule has 1 aromatic carbocycles. The van der Waals surface area contributed by atoms with E-state index >= 15 is 0 Å². The predicted octanol–water partition coefficient (Wildman–Crippen LogP) is 1.62. The average Bonchev–Trinajstić information content (AvgIpc) is 3.38. The molecular weight excluding hydrogens is 434 g/mol. The van der Waals surface area contributed by atoms with Crippen LogP contribution in [-0.2, 0) is 39.1 Å². The van der Waals surface area contributed by atoms with Gasteiger partial charge in [0.2, 0.25) is 15.9 Å². The van der Waals surface area contributed by atoms with E-state index in [0.29, 0.717) is 50.5 Å². The van der Waals surface area contributed by atoms with Gasteiger partial charge in [-0.05, 0) is 32.0 Å². The quantitative estimate of drug-likeness (QED) is 0.541. The van der Waals surface area contributed by atoms with Crippen molar-refractivity contribution in [1.82, 2.24) is 24.3 Å². The summed E-state index contributed by atoms with van der Waals surface area (Å²) in [5.74, 6) is 1.23. The number of sulfonamides is 1. The Hall–Kier alpha value is -2.76. The topological polar surface area (TPSA) is 120 Å². The number of carbonyl (C=O) groups is 1. The van der Waals surface area contributed by atoms with Crippen molar-refractivity contribution in [3.8, 4) is 0 Å². The van der Waals surface area contributed by atoms with Crippen molar-refractivity contribution in [2.45, 2.75) is 44.7 Å². The van der Waals surface area contributed by atoms with Gasteiger partial charge in [-0.2, -0.15) is 4.31 Å². The van der Waals surface area contributed by atoms with E-state index in [1.165, 1.54) is 4.31 Å². The van der Waals surface area contributed by atoms with E-state index < -0.39 is 10.0 Å². The molecule has 10 nitrogen and oxygen atoms in total. The summed E-state index contributed by atoms with van der Waals surface area (Å²) in [4.78, 5) is 17.1. The van der Waals surface area contributed by atoms with Gasteiger partial charge >= 0.3 is 0 Å². The van der Waals surface area contributed by atoms with Crippen LogP contribution in [0.15, 0.2) is 33.7 Å². The normalized spacial score (nSPS) is 15.3. The fourth-order valence-electron chi connectivity index (χ4n) is 3.80. The lowest BCUT2D eigenvalue weighted by atomic mass is 10.2. The molecule has 11 heteroatoms. The molecule has 0 unspecified atom stereocenters. The zero-order valence-corrected chi connectivity index (χ0v) is 19.0. The van der Waals surface area contributed by atoms with Crippen LogP contribution in [0.5, 0.6) is 0 Å². The van der Waals surface area contributed by atoms with Crippen molar-refractivity contribution in [1.29, 1.82) is 0 Å². The lowest BCUT2D eigenvalue weighted by molar-refractivity contribution is -0.121. The molecule has 3 aromatic rings. The summed E-state index contributed by atoms with van der Waals surface area (Å²) < 4.78 is 39.7. The maximum atomic E-state index is 13.0. The minimum Gasteiger partial charge on any atom is -0.379 e. The first-order valence-corrected chi connectivity index (χ1v) is 12.1. The van der Waals surface area contributed by atoms with Crippen molar-refractivity contribution >= 4 is 27.0 Å². The van der Waals surface area contributed by atoms with Gasteiger partial charge < -0.3 is 19.1 Å². The van der Waals surface area contributed by atoms with Gasteiger partial charge in [-0.3, -0.25) is 4.79 Å². The molecule has 1 N–H and O–H groups in total. The largest absolute Gasteiger partial charge is 0.379 e. The molecule has 1 aliphatic rings. The summed E-state index contributed by atoms with van der Waals surface area (Å²) >= 11 is 0. The SMILES string of the molecule is CCn1c(CCC(=O)NCc2cc(C)no2)nc2cc(S(=O)(=O)N3CCOCC3)ccc21. The number of morpholine rings is 1. The van der Waals surface area contributed by atoms with Crippen molar-refractivity contribution in [3.05, 3.63) is 41.5 Å². The van der Waals surface area contributed by atoms with Crippen molar-refractivity contribution < 1.29 is 22.5 Å². The molecule has 32 heavy (non-hydrogen) atoms. The summed E-state index contributed by atoms with van der Waals surface area (Å²) in [5, 5.41) is 6.61.